The van der Waals surface area contributed by atoms with E-state index in [2.05, 4.69) is 15.3 Å². The molecule has 4 N–H and O–H groups in total. The predicted molar refractivity (Wildman–Crippen MR) is 79.2 cm³/mol. The summed E-state index contributed by atoms with van der Waals surface area (Å²) in [7, 11) is 0. The number of amides is 1. The molecule has 0 bridgehead atoms. The molecule has 1 saturated carbocycles. The molecule has 0 saturated heterocycles. The van der Waals surface area contributed by atoms with Gasteiger partial charge in [-0.25, -0.2) is 4.39 Å². The molecule has 0 radical (unpaired) electrons. The van der Waals surface area contributed by atoms with E-state index in [4.69, 9.17) is 12.2 Å². The van der Waals surface area contributed by atoms with Gasteiger partial charge in [0.1, 0.15) is 5.82 Å². The van der Waals surface area contributed by atoms with Crippen molar-refractivity contribution >= 4 is 29.2 Å². The maximum Gasteiger partial charge on any atom is 0.253 e. The molecule has 0 spiro atoms. The van der Waals surface area contributed by atoms with Gasteiger partial charge in [0.2, 0.25) is 0 Å². The van der Waals surface area contributed by atoms with Crippen LogP contribution in [0.25, 0.3) is 11.0 Å². The van der Waals surface area contributed by atoms with Gasteiger partial charge in [0, 0.05) is 6.04 Å². The topological polar surface area (TPSA) is 80.9 Å². The number of aliphatic hydroxyl groups excluding tert-OH is 1. The third kappa shape index (κ3) is 2.98. The zero-order valence-electron chi connectivity index (χ0n) is 11.3. The van der Waals surface area contributed by atoms with E-state index >= 15 is 0 Å². The summed E-state index contributed by atoms with van der Waals surface area (Å²) in [6.07, 6.45) is 2.54. The normalized spacial score (nSPS) is 22.4. The van der Waals surface area contributed by atoms with E-state index in [0.29, 0.717) is 28.6 Å². The minimum Gasteiger partial charge on any atom is -0.393 e. The molecule has 5 nitrogen and oxygen atoms in total. The lowest BCUT2D eigenvalue weighted by Gasteiger charge is -2.26. The Balaban J connectivity index is 1.85. The van der Waals surface area contributed by atoms with Gasteiger partial charge in [0.15, 0.2) is 4.77 Å². The maximum atomic E-state index is 13.6. The molecule has 3 rings (SSSR count). The second-order valence-corrected chi connectivity index (χ2v) is 5.84. The Kier molecular flexibility index (Phi) is 3.77. The van der Waals surface area contributed by atoms with E-state index in [1.807, 2.05) is 0 Å². The number of nitrogens with one attached hydrogen (secondary N) is 3. The molecule has 1 aliphatic carbocycles. The number of carbonyl (C=O) groups excluding carboxylic acids is 1. The molecule has 0 aliphatic heterocycles. The van der Waals surface area contributed by atoms with Crippen molar-refractivity contribution in [1.82, 2.24) is 15.3 Å². The smallest absolute Gasteiger partial charge is 0.253 e. The van der Waals surface area contributed by atoms with Gasteiger partial charge in [0.05, 0.1) is 22.7 Å². The molecule has 0 atom stereocenters. The van der Waals surface area contributed by atoms with Gasteiger partial charge < -0.3 is 20.4 Å². The van der Waals surface area contributed by atoms with Crippen molar-refractivity contribution in [3.05, 3.63) is 28.3 Å². The van der Waals surface area contributed by atoms with Gasteiger partial charge in [-0.15, -0.1) is 0 Å². The molecule has 1 aromatic carbocycles. The third-order valence-electron chi connectivity index (χ3n) is 3.87. The molecule has 21 heavy (non-hydrogen) atoms. The standard InChI is InChI=1S/C14H16FN3O2S/c15-7-5-10(12-11(6-7)17-14(21)18-12)13(20)16-8-1-3-9(19)4-2-8/h5-6,8-9,19H,1-4H2,(H,16,20)(H2,17,18,21). The Hall–Kier alpha value is -1.73. The third-order valence-corrected chi connectivity index (χ3v) is 4.07. The molecule has 112 valence electrons. The lowest BCUT2D eigenvalue weighted by atomic mass is 9.93. The fraction of sp³-hybridized carbons (Fsp3) is 0.429. The van der Waals surface area contributed by atoms with Crippen molar-refractivity contribution in [3.63, 3.8) is 0 Å². The summed E-state index contributed by atoms with van der Waals surface area (Å²) in [4.78, 5) is 18.0. The summed E-state index contributed by atoms with van der Waals surface area (Å²) in [6, 6.07) is 2.52. The van der Waals surface area contributed by atoms with Crippen LogP contribution < -0.4 is 5.32 Å². The molecule has 2 aromatic rings. The van der Waals surface area contributed by atoms with E-state index < -0.39 is 5.82 Å². The fourth-order valence-corrected chi connectivity index (χ4v) is 2.98. The first-order valence-corrected chi connectivity index (χ1v) is 7.34. The van der Waals surface area contributed by atoms with Crippen LogP contribution in [0, 0.1) is 10.6 Å². The summed E-state index contributed by atoms with van der Waals surface area (Å²) in [6.45, 7) is 0. The average Bonchev–Trinajstić information content (AvgIpc) is 2.80. The zero-order valence-corrected chi connectivity index (χ0v) is 12.1. The number of hydrogen-bond donors (Lipinski definition) is 4. The van der Waals surface area contributed by atoms with E-state index in [1.165, 1.54) is 12.1 Å². The van der Waals surface area contributed by atoms with Crippen molar-refractivity contribution in [2.24, 2.45) is 0 Å². The number of rotatable bonds is 2. The number of hydrogen-bond acceptors (Lipinski definition) is 3. The Bertz CT molecular complexity index is 731. The van der Waals surface area contributed by atoms with Gasteiger partial charge in [-0.3, -0.25) is 4.79 Å². The number of imidazole rings is 1. The monoisotopic (exact) mass is 309 g/mol. The van der Waals surface area contributed by atoms with E-state index in [0.717, 1.165) is 12.8 Å². The van der Waals surface area contributed by atoms with Crippen LogP contribution in [-0.4, -0.2) is 33.1 Å². The number of fused-ring (bicyclic) bond motifs is 1. The number of halogens is 1. The zero-order chi connectivity index (χ0) is 15.0. The van der Waals surface area contributed by atoms with E-state index in [1.54, 1.807) is 0 Å². The second kappa shape index (κ2) is 5.57. The lowest BCUT2D eigenvalue weighted by Crippen LogP contribution is -2.38. The second-order valence-electron chi connectivity index (χ2n) is 5.43. The highest BCUT2D eigenvalue weighted by molar-refractivity contribution is 7.71. The highest BCUT2D eigenvalue weighted by Crippen LogP contribution is 2.21. The molecule has 1 heterocycles. The van der Waals surface area contributed by atoms with Gasteiger partial charge in [-0.05, 0) is 50.0 Å². The first kappa shape index (κ1) is 14.2. The summed E-state index contributed by atoms with van der Waals surface area (Å²) in [5.74, 6) is -0.817. The fourth-order valence-electron chi connectivity index (χ4n) is 2.77. The average molecular weight is 309 g/mol. The number of benzene rings is 1. The van der Waals surface area contributed by atoms with Crippen LogP contribution in [0.5, 0.6) is 0 Å². The van der Waals surface area contributed by atoms with E-state index in [9.17, 15) is 14.3 Å². The minimum atomic E-state index is -0.489. The first-order chi connectivity index (χ1) is 10.0. The van der Waals surface area contributed by atoms with E-state index in [-0.39, 0.29) is 23.6 Å². The summed E-state index contributed by atoms with van der Waals surface area (Å²) in [5.41, 5.74) is 1.22. The van der Waals surface area contributed by atoms with Gasteiger partial charge in [-0.2, -0.15) is 0 Å². The summed E-state index contributed by atoms with van der Waals surface area (Å²) in [5, 5.41) is 12.4. The van der Waals surface area contributed by atoms with Gasteiger partial charge in [0.25, 0.3) is 5.91 Å². The SMILES string of the molecule is O=C(NC1CCC(O)CC1)c1cc(F)cc2[nH]c(=S)[nH]c12. The Labute approximate surface area is 125 Å². The number of carbonyl (C=O) groups is 1. The van der Waals surface area contributed by atoms with Crippen LogP contribution in [-0.2, 0) is 0 Å². The number of aromatic amines is 2. The highest BCUT2D eigenvalue weighted by Gasteiger charge is 2.22. The van der Waals surface area contributed by atoms with Crippen LogP contribution in [0.4, 0.5) is 4.39 Å². The largest absolute Gasteiger partial charge is 0.393 e. The molecular weight excluding hydrogens is 293 g/mol. The first-order valence-electron chi connectivity index (χ1n) is 6.93. The molecule has 7 heteroatoms. The predicted octanol–water partition coefficient (Wildman–Crippen LogP) is 2.40. The van der Waals surface area contributed by atoms with Crippen molar-refractivity contribution < 1.29 is 14.3 Å². The van der Waals surface area contributed by atoms with Gasteiger partial charge in [-0.1, -0.05) is 0 Å². The molecule has 1 fully saturated rings. The summed E-state index contributed by atoms with van der Waals surface area (Å²) < 4.78 is 14.0. The van der Waals surface area contributed by atoms with Crippen LogP contribution in [0.2, 0.25) is 0 Å². The Morgan fingerprint density at radius 1 is 1.29 bits per heavy atom. The van der Waals surface area contributed by atoms with Crippen molar-refractivity contribution in [2.45, 2.75) is 37.8 Å². The maximum absolute atomic E-state index is 13.6. The molecule has 1 amide bonds. The highest BCUT2D eigenvalue weighted by atomic mass is 32.1. The molecular formula is C14H16FN3O2S. The number of aliphatic hydroxyl groups is 1. The Morgan fingerprint density at radius 2 is 2.00 bits per heavy atom. The molecule has 1 aromatic heterocycles. The quantitative estimate of drug-likeness (QED) is 0.643. The van der Waals surface area contributed by atoms with Crippen molar-refractivity contribution in [1.29, 1.82) is 0 Å². The van der Waals surface area contributed by atoms with Crippen LogP contribution >= 0.6 is 12.2 Å². The van der Waals surface area contributed by atoms with Gasteiger partial charge >= 0.3 is 0 Å². The van der Waals surface area contributed by atoms with Crippen molar-refractivity contribution in [2.75, 3.05) is 0 Å². The lowest BCUT2D eigenvalue weighted by molar-refractivity contribution is 0.0868. The minimum absolute atomic E-state index is 0.0149. The number of H-pyrrole nitrogens is 2. The summed E-state index contributed by atoms with van der Waals surface area (Å²) >= 11 is 4.98. The Morgan fingerprint density at radius 3 is 2.71 bits per heavy atom. The number of aromatic nitrogens is 2. The van der Waals surface area contributed by atoms with Crippen LogP contribution in [0.15, 0.2) is 12.1 Å². The van der Waals surface area contributed by atoms with Crippen LogP contribution in [0.1, 0.15) is 36.0 Å². The van der Waals surface area contributed by atoms with Crippen LogP contribution in [0.3, 0.4) is 0 Å². The molecule has 0 unspecified atom stereocenters. The van der Waals surface area contributed by atoms with Crippen molar-refractivity contribution in [3.8, 4) is 0 Å². The molecule has 1 aliphatic rings.